The van der Waals surface area contributed by atoms with Crippen molar-refractivity contribution in [3.05, 3.63) is 34.9 Å². The minimum Gasteiger partial charge on any atom is -0.298 e. The van der Waals surface area contributed by atoms with Gasteiger partial charge in [-0.1, -0.05) is 18.9 Å². The summed E-state index contributed by atoms with van der Waals surface area (Å²) < 4.78 is 38.6. The Kier molecular flexibility index (Phi) is 6.15. The molecule has 0 aromatic heterocycles. The van der Waals surface area contributed by atoms with Crippen molar-refractivity contribution in [1.29, 1.82) is 0 Å². The van der Waals surface area contributed by atoms with E-state index in [0.717, 1.165) is 11.1 Å². The number of rotatable bonds is 5. The lowest BCUT2D eigenvalue weighted by Gasteiger charge is -2.43. The first kappa shape index (κ1) is 20.5. The molecule has 3 nitrogen and oxygen atoms in total. The van der Waals surface area contributed by atoms with Gasteiger partial charge in [0, 0.05) is 24.6 Å². The number of hydrogen-bond donors (Lipinski definition) is 1. The van der Waals surface area contributed by atoms with Gasteiger partial charge in [0.15, 0.2) is 0 Å². The van der Waals surface area contributed by atoms with Gasteiger partial charge in [-0.2, -0.15) is 13.2 Å². The molecule has 1 unspecified atom stereocenters. The number of aryl methyl sites for hydroxylation is 1. The molecule has 6 heteroatoms. The molecule has 0 aliphatic carbocycles. The minimum atomic E-state index is -4.36. The zero-order valence-electron chi connectivity index (χ0n) is 15.4. The van der Waals surface area contributed by atoms with Crippen LogP contribution in [0.5, 0.6) is 0 Å². The van der Waals surface area contributed by atoms with E-state index in [1.807, 2.05) is 18.0 Å². The molecule has 142 valence electrons. The maximum atomic E-state index is 13.3. The Hall–Kier alpha value is -1.84. The van der Waals surface area contributed by atoms with Crippen LogP contribution in [0.4, 0.5) is 13.2 Å². The van der Waals surface area contributed by atoms with Crippen molar-refractivity contribution in [2.75, 3.05) is 20.1 Å². The van der Waals surface area contributed by atoms with Crippen molar-refractivity contribution in [2.45, 2.75) is 44.7 Å². The van der Waals surface area contributed by atoms with Crippen LogP contribution in [0.2, 0.25) is 0 Å². The van der Waals surface area contributed by atoms with Gasteiger partial charge >= 0.3 is 6.18 Å². The van der Waals surface area contributed by atoms with Gasteiger partial charge in [-0.3, -0.25) is 10.2 Å². The average Bonchev–Trinajstić information content (AvgIpc) is 2.60. The molecule has 2 rings (SSSR count). The van der Waals surface area contributed by atoms with Crippen LogP contribution in [-0.4, -0.2) is 37.1 Å². The SMILES string of the molecule is C#Cc1ccc(C)c(C2(C(=O)C(C)CC(F)(F)F)CCN(NC)CC2)c1. The molecule has 1 heterocycles. The Morgan fingerprint density at radius 3 is 2.50 bits per heavy atom. The molecule has 1 fully saturated rings. The van der Waals surface area contributed by atoms with Crippen LogP contribution in [0.25, 0.3) is 0 Å². The molecular formula is C20H25F3N2O. The second-order valence-corrected chi connectivity index (χ2v) is 7.05. The lowest BCUT2D eigenvalue weighted by molar-refractivity contribution is -0.155. The summed E-state index contributed by atoms with van der Waals surface area (Å²) in [4.78, 5) is 13.3. The minimum absolute atomic E-state index is 0.345. The van der Waals surface area contributed by atoms with E-state index in [4.69, 9.17) is 6.42 Å². The molecular weight excluding hydrogens is 341 g/mol. The second-order valence-electron chi connectivity index (χ2n) is 7.05. The summed E-state index contributed by atoms with van der Waals surface area (Å²) in [5, 5.41) is 1.97. The third-order valence-electron chi connectivity index (χ3n) is 5.31. The predicted molar refractivity (Wildman–Crippen MR) is 95.5 cm³/mol. The number of terminal acetylenes is 1. The summed E-state index contributed by atoms with van der Waals surface area (Å²) in [6.45, 7) is 4.42. The normalized spacial score (nSPS) is 19.0. The van der Waals surface area contributed by atoms with Crippen LogP contribution in [0.15, 0.2) is 18.2 Å². The summed E-state index contributed by atoms with van der Waals surface area (Å²) in [5.41, 5.74) is 4.40. The van der Waals surface area contributed by atoms with Crippen LogP contribution in [0.3, 0.4) is 0 Å². The molecule has 1 atom stereocenters. The lowest BCUT2D eigenvalue weighted by Crippen LogP contribution is -2.52. The molecule has 1 saturated heterocycles. The Balaban J connectivity index is 2.48. The Morgan fingerprint density at radius 1 is 1.38 bits per heavy atom. The third-order valence-corrected chi connectivity index (χ3v) is 5.31. The van der Waals surface area contributed by atoms with Crippen molar-refractivity contribution in [3.8, 4) is 12.3 Å². The number of piperidine rings is 1. The van der Waals surface area contributed by atoms with Crippen LogP contribution in [-0.2, 0) is 10.2 Å². The first-order valence-electron chi connectivity index (χ1n) is 8.74. The van der Waals surface area contributed by atoms with E-state index < -0.39 is 23.9 Å². The number of ketones is 1. The van der Waals surface area contributed by atoms with Gasteiger partial charge in [0.25, 0.3) is 0 Å². The highest BCUT2D eigenvalue weighted by Crippen LogP contribution is 2.42. The van der Waals surface area contributed by atoms with Crippen LogP contribution in [0.1, 0.15) is 42.9 Å². The summed E-state index contributed by atoms with van der Waals surface area (Å²) in [7, 11) is 1.80. The number of carbonyl (C=O) groups is 1. The maximum Gasteiger partial charge on any atom is 0.389 e. The fourth-order valence-corrected chi connectivity index (χ4v) is 3.90. The van der Waals surface area contributed by atoms with Gasteiger partial charge in [-0.05, 0) is 50.1 Å². The highest BCUT2D eigenvalue weighted by Gasteiger charge is 2.47. The van der Waals surface area contributed by atoms with E-state index in [2.05, 4.69) is 11.3 Å². The maximum absolute atomic E-state index is 13.3. The molecule has 1 aliphatic heterocycles. The van der Waals surface area contributed by atoms with Crippen LogP contribution in [0, 0.1) is 25.2 Å². The summed E-state index contributed by atoms with van der Waals surface area (Å²) in [5.74, 6) is 1.13. The summed E-state index contributed by atoms with van der Waals surface area (Å²) in [6.07, 6.45) is 0.963. The summed E-state index contributed by atoms with van der Waals surface area (Å²) in [6, 6.07) is 5.43. The average molecular weight is 366 g/mol. The number of carbonyl (C=O) groups excluding carboxylic acids is 1. The number of nitrogens with zero attached hydrogens (tertiary/aromatic N) is 1. The second kappa shape index (κ2) is 7.81. The van der Waals surface area contributed by atoms with E-state index in [0.29, 0.717) is 31.5 Å². The standard InChI is InChI=1S/C20H25F3N2O/c1-5-16-7-6-14(2)17(12-16)19(8-10-25(24-4)11-9-19)18(26)15(3)13-20(21,22)23/h1,6-7,12,15,24H,8-11,13H2,2-4H3. The molecule has 0 spiro atoms. The summed E-state index contributed by atoms with van der Waals surface area (Å²) >= 11 is 0. The number of hydrazine groups is 1. The van der Waals surface area contributed by atoms with E-state index in [-0.39, 0.29) is 5.78 Å². The monoisotopic (exact) mass is 366 g/mol. The Morgan fingerprint density at radius 2 is 2.00 bits per heavy atom. The van der Waals surface area contributed by atoms with Crippen LogP contribution < -0.4 is 5.43 Å². The molecule has 1 N–H and O–H groups in total. The van der Waals surface area contributed by atoms with Crippen molar-refractivity contribution < 1.29 is 18.0 Å². The lowest BCUT2D eigenvalue weighted by atomic mass is 9.65. The number of halogens is 3. The van der Waals surface area contributed by atoms with Gasteiger partial charge in [0.2, 0.25) is 0 Å². The Bertz CT molecular complexity index is 698. The van der Waals surface area contributed by atoms with E-state index >= 15 is 0 Å². The number of benzene rings is 1. The highest BCUT2D eigenvalue weighted by atomic mass is 19.4. The molecule has 0 bridgehead atoms. The van der Waals surface area contributed by atoms with Crippen molar-refractivity contribution >= 4 is 5.78 Å². The molecule has 26 heavy (non-hydrogen) atoms. The first-order valence-corrected chi connectivity index (χ1v) is 8.74. The predicted octanol–water partition coefficient (Wildman–Crippen LogP) is 3.60. The highest BCUT2D eigenvalue weighted by molar-refractivity contribution is 5.92. The Labute approximate surface area is 152 Å². The number of Topliss-reactive ketones (excluding diaryl/α,β-unsaturated/α-hetero) is 1. The first-order chi connectivity index (χ1) is 12.1. The van der Waals surface area contributed by atoms with E-state index in [1.165, 1.54) is 6.92 Å². The zero-order valence-corrected chi connectivity index (χ0v) is 15.4. The van der Waals surface area contributed by atoms with E-state index in [1.54, 1.807) is 19.2 Å². The molecule has 0 radical (unpaired) electrons. The van der Waals surface area contributed by atoms with Gasteiger partial charge in [0.05, 0.1) is 11.8 Å². The van der Waals surface area contributed by atoms with Crippen LogP contribution >= 0.6 is 0 Å². The number of alkyl halides is 3. The zero-order chi connectivity index (χ0) is 19.5. The number of hydrogen-bond acceptors (Lipinski definition) is 3. The van der Waals surface area contributed by atoms with Gasteiger partial charge in [-0.25, -0.2) is 5.01 Å². The molecule has 1 aliphatic rings. The van der Waals surface area contributed by atoms with Crippen molar-refractivity contribution in [2.24, 2.45) is 5.92 Å². The smallest absolute Gasteiger partial charge is 0.298 e. The van der Waals surface area contributed by atoms with Gasteiger partial charge in [-0.15, -0.1) is 6.42 Å². The van der Waals surface area contributed by atoms with Crippen molar-refractivity contribution in [3.63, 3.8) is 0 Å². The third kappa shape index (κ3) is 4.28. The fourth-order valence-electron chi connectivity index (χ4n) is 3.90. The van der Waals surface area contributed by atoms with Crippen molar-refractivity contribution in [1.82, 2.24) is 10.4 Å². The largest absolute Gasteiger partial charge is 0.389 e. The molecule has 1 aromatic rings. The molecule has 0 saturated carbocycles. The molecule has 1 aromatic carbocycles. The van der Waals surface area contributed by atoms with E-state index in [9.17, 15) is 18.0 Å². The molecule has 0 amide bonds. The topological polar surface area (TPSA) is 32.3 Å². The number of nitrogens with one attached hydrogen (secondary N) is 1. The fraction of sp³-hybridized carbons (Fsp3) is 0.550. The quantitative estimate of drug-likeness (QED) is 0.808. The van der Waals surface area contributed by atoms with Gasteiger partial charge < -0.3 is 0 Å². The van der Waals surface area contributed by atoms with Gasteiger partial charge in [0.1, 0.15) is 5.78 Å².